The quantitative estimate of drug-likeness (QED) is 0.922. The Morgan fingerprint density at radius 1 is 1.47 bits per heavy atom. The number of hydrogen-bond donors (Lipinski definition) is 1. The van der Waals surface area contributed by atoms with Crippen molar-refractivity contribution in [1.82, 2.24) is 4.90 Å². The zero-order valence-corrected chi connectivity index (χ0v) is 11.9. The standard InChI is InChI=1S/C13H20BrN3/c1-16(9-7-15)11-6-8-17(10-11)13-5-3-2-4-12(13)14/h2-5,11H,6-10,15H2,1H3. The predicted octanol–water partition coefficient (Wildman–Crippen LogP) is 1.92. The summed E-state index contributed by atoms with van der Waals surface area (Å²) >= 11 is 3.62. The summed E-state index contributed by atoms with van der Waals surface area (Å²) in [6.45, 7) is 3.94. The van der Waals surface area contributed by atoms with Crippen LogP contribution >= 0.6 is 15.9 Å². The Kier molecular flexibility index (Phi) is 4.42. The second-order valence-corrected chi connectivity index (χ2v) is 5.46. The predicted molar refractivity (Wildman–Crippen MR) is 76.4 cm³/mol. The molecule has 3 nitrogen and oxygen atoms in total. The molecular weight excluding hydrogens is 278 g/mol. The summed E-state index contributed by atoms with van der Waals surface area (Å²) in [5, 5.41) is 0. The van der Waals surface area contributed by atoms with E-state index in [2.05, 4.69) is 57.0 Å². The highest BCUT2D eigenvalue weighted by Crippen LogP contribution is 2.29. The van der Waals surface area contributed by atoms with Crippen molar-refractivity contribution in [2.45, 2.75) is 12.5 Å². The smallest absolute Gasteiger partial charge is 0.0511 e. The largest absolute Gasteiger partial charge is 0.369 e. The Hall–Kier alpha value is -0.580. The summed E-state index contributed by atoms with van der Waals surface area (Å²) in [5.74, 6) is 0. The molecule has 1 fully saturated rings. The maximum absolute atomic E-state index is 5.60. The minimum absolute atomic E-state index is 0.630. The molecule has 0 bridgehead atoms. The summed E-state index contributed by atoms with van der Waals surface area (Å²) in [6.07, 6.45) is 1.22. The molecule has 4 heteroatoms. The molecule has 2 N–H and O–H groups in total. The van der Waals surface area contributed by atoms with Crippen molar-refractivity contribution >= 4 is 21.6 Å². The van der Waals surface area contributed by atoms with Crippen molar-refractivity contribution in [3.8, 4) is 0 Å². The monoisotopic (exact) mass is 297 g/mol. The van der Waals surface area contributed by atoms with Gasteiger partial charge in [-0.25, -0.2) is 0 Å². The highest BCUT2D eigenvalue weighted by atomic mass is 79.9. The van der Waals surface area contributed by atoms with Gasteiger partial charge in [0, 0.05) is 36.7 Å². The first-order valence-electron chi connectivity index (χ1n) is 6.12. The van der Waals surface area contributed by atoms with Crippen LogP contribution in [0.4, 0.5) is 5.69 Å². The molecule has 1 saturated heterocycles. The van der Waals surface area contributed by atoms with Crippen LogP contribution in [0, 0.1) is 0 Å². The Morgan fingerprint density at radius 3 is 2.94 bits per heavy atom. The maximum Gasteiger partial charge on any atom is 0.0511 e. The van der Waals surface area contributed by atoms with Crippen LogP contribution in [0.2, 0.25) is 0 Å². The topological polar surface area (TPSA) is 32.5 Å². The van der Waals surface area contributed by atoms with E-state index in [0.29, 0.717) is 6.04 Å². The summed E-state index contributed by atoms with van der Waals surface area (Å²) in [6, 6.07) is 9.06. The van der Waals surface area contributed by atoms with Gasteiger partial charge in [-0.3, -0.25) is 0 Å². The number of para-hydroxylation sites is 1. The molecule has 1 aromatic carbocycles. The average molecular weight is 298 g/mol. The van der Waals surface area contributed by atoms with Crippen LogP contribution in [0.25, 0.3) is 0 Å². The van der Waals surface area contributed by atoms with Crippen molar-refractivity contribution < 1.29 is 0 Å². The molecule has 0 aromatic heterocycles. The average Bonchev–Trinajstić information content (AvgIpc) is 2.79. The number of halogens is 1. The number of hydrogen-bond acceptors (Lipinski definition) is 3. The van der Waals surface area contributed by atoms with E-state index in [1.54, 1.807) is 0 Å². The third-order valence-electron chi connectivity index (χ3n) is 3.46. The molecule has 0 aliphatic carbocycles. The van der Waals surface area contributed by atoms with Crippen LogP contribution in [0.3, 0.4) is 0 Å². The SMILES string of the molecule is CN(CCN)C1CCN(c2ccccc2Br)C1. The lowest BCUT2D eigenvalue weighted by Gasteiger charge is -2.25. The van der Waals surface area contributed by atoms with Crippen LogP contribution in [-0.2, 0) is 0 Å². The van der Waals surface area contributed by atoms with Gasteiger partial charge in [-0.05, 0) is 41.5 Å². The van der Waals surface area contributed by atoms with Crippen LogP contribution in [0.1, 0.15) is 6.42 Å². The Labute approximate surface area is 112 Å². The minimum atomic E-state index is 0.630. The lowest BCUT2D eigenvalue weighted by Crippen LogP contribution is -2.37. The van der Waals surface area contributed by atoms with E-state index in [1.807, 2.05) is 0 Å². The molecule has 1 unspecified atom stereocenters. The number of likely N-dealkylation sites (N-methyl/N-ethyl adjacent to an activating group) is 1. The van der Waals surface area contributed by atoms with E-state index in [4.69, 9.17) is 5.73 Å². The maximum atomic E-state index is 5.60. The first-order valence-corrected chi connectivity index (χ1v) is 6.91. The van der Waals surface area contributed by atoms with Crippen LogP contribution < -0.4 is 10.6 Å². The van der Waals surface area contributed by atoms with Crippen molar-refractivity contribution in [2.75, 3.05) is 38.1 Å². The van der Waals surface area contributed by atoms with Gasteiger partial charge < -0.3 is 15.5 Å². The fourth-order valence-corrected chi connectivity index (χ4v) is 2.95. The third-order valence-corrected chi connectivity index (χ3v) is 4.13. The molecule has 1 aliphatic heterocycles. The summed E-state index contributed by atoms with van der Waals surface area (Å²) in [7, 11) is 2.17. The van der Waals surface area contributed by atoms with Gasteiger partial charge in [0.2, 0.25) is 0 Å². The molecule has 1 aromatic rings. The summed E-state index contributed by atoms with van der Waals surface area (Å²) in [5.41, 5.74) is 6.91. The van der Waals surface area contributed by atoms with Gasteiger partial charge in [0.25, 0.3) is 0 Å². The molecular formula is C13H20BrN3. The summed E-state index contributed by atoms with van der Waals surface area (Å²) in [4.78, 5) is 4.82. The molecule has 1 atom stereocenters. The lowest BCUT2D eigenvalue weighted by atomic mass is 10.2. The molecule has 2 rings (SSSR count). The van der Waals surface area contributed by atoms with Gasteiger partial charge in [0.15, 0.2) is 0 Å². The zero-order valence-electron chi connectivity index (χ0n) is 10.3. The van der Waals surface area contributed by atoms with Crippen LogP contribution in [0.15, 0.2) is 28.7 Å². The van der Waals surface area contributed by atoms with E-state index in [9.17, 15) is 0 Å². The molecule has 0 radical (unpaired) electrons. The van der Waals surface area contributed by atoms with Gasteiger partial charge in [0.05, 0.1) is 5.69 Å². The van der Waals surface area contributed by atoms with Crippen molar-refractivity contribution in [2.24, 2.45) is 5.73 Å². The number of nitrogens with zero attached hydrogens (tertiary/aromatic N) is 2. The minimum Gasteiger partial charge on any atom is -0.369 e. The van der Waals surface area contributed by atoms with Crippen molar-refractivity contribution in [3.05, 3.63) is 28.7 Å². The van der Waals surface area contributed by atoms with Crippen LogP contribution in [-0.4, -0.2) is 44.2 Å². The molecule has 0 spiro atoms. The van der Waals surface area contributed by atoms with Gasteiger partial charge >= 0.3 is 0 Å². The van der Waals surface area contributed by atoms with E-state index in [0.717, 1.165) is 26.2 Å². The Morgan fingerprint density at radius 2 is 2.24 bits per heavy atom. The Bertz CT molecular complexity index is 369. The molecule has 0 saturated carbocycles. The molecule has 17 heavy (non-hydrogen) atoms. The van der Waals surface area contributed by atoms with Gasteiger partial charge in [0.1, 0.15) is 0 Å². The van der Waals surface area contributed by atoms with Gasteiger partial charge in [-0.2, -0.15) is 0 Å². The number of benzene rings is 1. The zero-order chi connectivity index (χ0) is 12.3. The molecule has 94 valence electrons. The van der Waals surface area contributed by atoms with E-state index < -0.39 is 0 Å². The number of rotatable bonds is 4. The first kappa shape index (κ1) is 12.9. The van der Waals surface area contributed by atoms with E-state index in [-0.39, 0.29) is 0 Å². The summed E-state index contributed by atoms with van der Waals surface area (Å²) < 4.78 is 1.18. The van der Waals surface area contributed by atoms with Gasteiger partial charge in [-0.1, -0.05) is 12.1 Å². The third kappa shape index (κ3) is 3.00. The molecule has 1 heterocycles. The van der Waals surface area contributed by atoms with E-state index >= 15 is 0 Å². The van der Waals surface area contributed by atoms with Crippen molar-refractivity contribution in [1.29, 1.82) is 0 Å². The number of anilines is 1. The second kappa shape index (κ2) is 5.85. The van der Waals surface area contributed by atoms with Gasteiger partial charge in [-0.15, -0.1) is 0 Å². The highest BCUT2D eigenvalue weighted by Gasteiger charge is 2.26. The fraction of sp³-hybridized carbons (Fsp3) is 0.538. The fourth-order valence-electron chi connectivity index (χ4n) is 2.41. The molecule has 1 aliphatic rings. The second-order valence-electron chi connectivity index (χ2n) is 4.61. The van der Waals surface area contributed by atoms with Crippen molar-refractivity contribution in [3.63, 3.8) is 0 Å². The molecule has 0 amide bonds. The van der Waals surface area contributed by atoms with E-state index in [1.165, 1.54) is 16.6 Å². The first-order chi connectivity index (χ1) is 8.22. The Balaban J connectivity index is 2.00. The van der Waals surface area contributed by atoms with Crippen LogP contribution in [0.5, 0.6) is 0 Å². The lowest BCUT2D eigenvalue weighted by molar-refractivity contribution is 0.266. The number of nitrogens with two attached hydrogens (primary N) is 1. The highest BCUT2D eigenvalue weighted by molar-refractivity contribution is 9.10. The normalized spacial score (nSPS) is 20.2.